The van der Waals surface area contributed by atoms with Gasteiger partial charge in [-0.25, -0.2) is 9.59 Å². The normalized spacial score (nSPS) is 13.0. The van der Waals surface area contributed by atoms with E-state index in [2.05, 4.69) is 5.32 Å². The number of hydrogen-bond donors (Lipinski definition) is 1. The Bertz CT molecular complexity index is 785. The van der Waals surface area contributed by atoms with Gasteiger partial charge in [0, 0.05) is 12.6 Å². The molecule has 1 saturated carbocycles. The van der Waals surface area contributed by atoms with E-state index in [0.717, 1.165) is 24.2 Å². The van der Waals surface area contributed by atoms with Crippen molar-refractivity contribution in [3.05, 3.63) is 59.7 Å². The number of rotatable bonds is 6. The van der Waals surface area contributed by atoms with Gasteiger partial charge in [0.25, 0.3) is 0 Å². The topological polar surface area (TPSA) is 67.9 Å². The number of esters is 1. The Labute approximate surface area is 152 Å². The lowest BCUT2D eigenvalue weighted by Gasteiger charge is -2.23. The number of benzene rings is 2. The van der Waals surface area contributed by atoms with Crippen molar-refractivity contribution < 1.29 is 19.1 Å². The number of carbonyl (C=O) groups excluding carboxylic acids is 2. The zero-order valence-corrected chi connectivity index (χ0v) is 14.9. The molecule has 6 nitrogen and oxygen atoms in total. The largest absolute Gasteiger partial charge is 0.497 e. The molecule has 26 heavy (non-hydrogen) atoms. The fraction of sp³-hybridized carbons (Fsp3) is 0.300. The Kier molecular flexibility index (Phi) is 5.41. The molecule has 0 unspecified atom stereocenters. The summed E-state index contributed by atoms with van der Waals surface area (Å²) in [5.74, 6) is 0.303. The van der Waals surface area contributed by atoms with Crippen LogP contribution in [0.25, 0.3) is 0 Å². The molecule has 0 saturated heterocycles. The number of ether oxygens (including phenoxy) is 2. The number of hydrogen-bond acceptors (Lipinski definition) is 4. The number of urea groups is 1. The summed E-state index contributed by atoms with van der Waals surface area (Å²) >= 11 is 0. The minimum absolute atomic E-state index is 0.223. The van der Waals surface area contributed by atoms with Gasteiger partial charge in [-0.15, -0.1) is 0 Å². The van der Waals surface area contributed by atoms with Gasteiger partial charge >= 0.3 is 12.0 Å². The molecule has 136 valence electrons. The first-order chi connectivity index (χ1) is 12.6. The second kappa shape index (κ2) is 7.91. The summed E-state index contributed by atoms with van der Waals surface area (Å²) in [7, 11) is 2.94. The summed E-state index contributed by atoms with van der Waals surface area (Å²) in [6.07, 6.45) is 1.98. The molecule has 0 radical (unpaired) electrons. The van der Waals surface area contributed by atoms with Crippen molar-refractivity contribution >= 4 is 17.7 Å². The smallest absolute Gasteiger partial charge is 0.339 e. The van der Waals surface area contributed by atoms with E-state index in [-0.39, 0.29) is 12.1 Å². The second-order valence-electron chi connectivity index (χ2n) is 6.17. The van der Waals surface area contributed by atoms with E-state index in [0.29, 0.717) is 17.8 Å². The highest BCUT2D eigenvalue weighted by Gasteiger charge is 2.33. The number of nitrogens with one attached hydrogen (secondary N) is 1. The van der Waals surface area contributed by atoms with Gasteiger partial charge in [0.05, 0.1) is 25.5 Å². The van der Waals surface area contributed by atoms with Crippen molar-refractivity contribution in [2.24, 2.45) is 0 Å². The van der Waals surface area contributed by atoms with Crippen LogP contribution in [-0.4, -0.2) is 37.2 Å². The highest BCUT2D eigenvalue weighted by Crippen LogP contribution is 2.30. The molecule has 0 bridgehead atoms. The lowest BCUT2D eigenvalue weighted by Crippen LogP contribution is -2.36. The van der Waals surface area contributed by atoms with Crippen LogP contribution in [-0.2, 0) is 11.3 Å². The molecule has 1 fully saturated rings. The number of carbonyl (C=O) groups is 2. The van der Waals surface area contributed by atoms with Crippen LogP contribution in [0.15, 0.2) is 48.5 Å². The van der Waals surface area contributed by atoms with Crippen LogP contribution >= 0.6 is 0 Å². The van der Waals surface area contributed by atoms with Gasteiger partial charge < -0.3 is 19.7 Å². The SMILES string of the molecule is COC(=O)c1ccccc1NC(=O)N(Cc1ccc(OC)cc1)C1CC1. The van der Waals surface area contributed by atoms with E-state index in [4.69, 9.17) is 9.47 Å². The van der Waals surface area contributed by atoms with Crippen LogP contribution in [0.5, 0.6) is 5.75 Å². The Morgan fingerprint density at radius 1 is 1.08 bits per heavy atom. The molecule has 2 amide bonds. The van der Waals surface area contributed by atoms with Gasteiger partial charge in [-0.2, -0.15) is 0 Å². The molecule has 6 heteroatoms. The molecule has 0 heterocycles. The van der Waals surface area contributed by atoms with Gasteiger partial charge in [0.1, 0.15) is 5.75 Å². The zero-order chi connectivity index (χ0) is 18.5. The van der Waals surface area contributed by atoms with E-state index in [1.54, 1.807) is 36.3 Å². The van der Waals surface area contributed by atoms with Gasteiger partial charge in [-0.05, 0) is 42.7 Å². The van der Waals surface area contributed by atoms with Crippen molar-refractivity contribution in [1.82, 2.24) is 4.90 Å². The van der Waals surface area contributed by atoms with Crippen molar-refractivity contribution in [2.75, 3.05) is 19.5 Å². The maximum absolute atomic E-state index is 12.8. The fourth-order valence-electron chi connectivity index (χ4n) is 2.75. The lowest BCUT2D eigenvalue weighted by molar-refractivity contribution is 0.0602. The summed E-state index contributed by atoms with van der Waals surface area (Å²) in [6, 6.07) is 14.5. The van der Waals surface area contributed by atoms with Crippen LogP contribution in [0, 0.1) is 0 Å². The third-order valence-corrected chi connectivity index (χ3v) is 4.33. The number of methoxy groups -OCH3 is 2. The number of amides is 2. The molecule has 1 N–H and O–H groups in total. The first kappa shape index (κ1) is 17.8. The van der Waals surface area contributed by atoms with E-state index >= 15 is 0 Å². The molecule has 0 aromatic heterocycles. The average molecular weight is 354 g/mol. The van der Waals surface area contributed by atoms with Crippen molar-refractivity contribution in [3.8, 4) is 5.75 Å². The first-order valence-corrected chi connectivity index (χ1v) is 8.50. The number of nitrogens with zero attached hydrogens (tertiary/aromatic N) is 1. The highest BCUT2D eigenvalue weighted by atomic mass is 16.5. The average Bonchev–Trinajstić information content (AvgIpc) is 3.51. The lowest BCUT2D eigenvalue weighted by atomic mass is 10.2. The Hall–Kier alpha value is -3.02. The van der Waals surface area contributed by atoms with Crippen LogP contribution < -0.4 is 10.1 Å². The van der Waals surface area contributed by atoms with Crippen LogP contribution in [0.1, 0.15) is 28.8 Å². The summed E-state index contributed by atoms with van der Waals surface area (Å²) in [5, 5.41) is 2.85. The molecule has 0 atom stereocenters. The van der Waals surface area contributed by atoms with Crippen molar-refractivity contribution in [3.63, 3.8) is 0 Å². The Morgan fingerprint density at radius 2 is 1.77 bits per heavy atom. The molecular weight excluding hydrogens is 332 g/mol. The molecule has 3 rings (SSSR count). The summed E-state index contributed by atoms with van der Waals surface area (Å²) in [6.45, 7) is 0.501. The maximum atomic E-state index is 12.8. The van der Waals surface area contributed by atoms with Gasteiger partial charge in [0.15, 0.2) is 0 Å². The second-order valence-corrected chi connectivity index (χ2v) is 6.17. The highest BCUT2D eigenvalue weighted by molar-refractivity contribution is 6.00. The minimum Gasteiger partial charge on any atom is -0.497 e. The van der Waals surface area contributed by atoms with Crippen LogP contribution in [0.4, 0.5) is 10.5 Å². The Balaban J connectivity index is 1.74. The standard InChI is InChI=1S/C20H22N2O4/c1-25-16-11-7-14(8-12-16)13-22(15-9-10-15)20(24)21-18-6-4-3-5-17(18)19(23)26-2/h3-8,11-12,15H,9-10,13H2,1-2H3,(H,21,24). The molecular formula is C20H22N2O4. The van der Waals surface area contributed by atoms with Crippen molar-refractivity contribution in [2.45, 2.75) is 25.4 Å². The first-order valence-electron chi connectivity index (χ1n) is 8.50. The fourth-order valence-corrected chi connectivity index (χ4v) is 2.75. The third kappa shape index (κ3) is 4.14. The van der Waals surface area contributed by atoms with E-state index in [9.17, 15) is 9.59 Å². The third-order valence-electron chi connectivity index (χ3n) is 4.33. The number of para-hydroxylation sites is 1. The molecule has 0 spiro atoms. The monoisotopic (exact) mass is 354 g/mol. The van der Waals surface area contributed by atoms with Gasteiger partial charge in [0.2, 0.25) is 0 Å². The quantitative estimate of drug-likeness (QED) is 0.804. The van der Waals surface area contributed by atoms with Gasteiger partial charge in [-0.1, -0.05) is 24.3 Å². The van der Waals surface area contributed by atoms with Crippen molar-refractivity contribution in [1.29, 1.82) is 0 Å². The maximum Gasteiger partial charge on any atom is 0.339 e. The minimum atomic E-state index is -0.478. The summed E-state index contributed by atoms with van der Waals surface area (Å²) < 4.78 is 9.95. The number of anilines is 1. The van der Waals surface area contributed by atoms with E-state index in [1.807, 2.05) is 24.3 Å². The summed E-state index contributed by atoms with van der Waals surface area (Å²) in [4.78, 5) is 26.5. The molecule has 2 aromatic carbocycles. The Morgan fingerprint density at radius 3 is 2.38 bits per heavy atom. The molecule has 2 aromatic rings. The molecule has 0 aliphatic heterocycles. The molecule has 1 aliphatic rings. The predicted octanol–water partition coefficient (Wildman–Crippen LogP) is 3.68. The predicted molar refractivity (Wildman–Crippen MR) is 98.4 cm³/mol. The summed E-state index contributed by atoms with van der Waals surface area (Å²) in [5.41, 5.74) is 1.81. The van der Waals surface area contributed by atoms with E-state index < -0.39 is 5.97 Å². The van der Waals surface area contributed by atoms with Crippen LogP contribution in [0.2, 0.25) is 0 Å². The van der Waals surface area contributed by atoms with E-state index in [1.165, 1.54) is 7.11 Å². The van der Waals surface area contributed by atoms with Gasteiger partial charge in [-0.3, -0.25) is 0 Å². The van der Waals surface area contributed by atoms with Crippen LogP contribution in [0.3, 0.4) is 0 Å². The zero-order valence-electron chi connectivity index (χ0n) is 14.9. The molecule has 1 aliphatic carbocycles.